The third-order valence-corrected chi connectivity index (χ3v) is 4.47. The number of aliphatic imine (C=N–C) groups is 1. The molecule has 24 heavy (non-hydrogen) atoms. The van der Waals surface area contributed by atoms with Crippen LogP contribution in [0.5, 0.6) is 0 Å². The third kappa shape index (κ3) is 6.19. The summed E-state index contributed by atoms with van der Waals surface area (Å²) in [5.74, 6) is 0.602. The second kappa shape index (κ2) is 8.98. The van der Waals surface area contributed by atoms with Crippen LogP contribution in [0.2, 0.25) is 0 Å². The maximum absolute atomic E-state index is 12.2. The molecule has 1 aromatic heterocycles. The molecule has 1 aromatic rings. The van der Waals surface area contributed by atoms with Gasteiger partial charge in [0.2, 0.25) is 0 Å². The summed E-state index contributed by atoms with van der Waals surface area (Å²) in [5.41, 5.74) is 0.598. The van der Waals surface area contributed by atoms with Crippen LogP contribution in [-0.2, 0) is 16.1 Å². The fourth-order valence-electron chi connectivity index (χ4n) is 2.50. The lowest BCUT2D eigenvalue weighted by molar-refractivity contribution is -0.159. The van der Waals surface area contributed by atoms with Crippen LogP contribution >= 0.6 is 35.3 Å². The summed E-state index contributed by atoms with van der Waals surface area (Å²) in [6.07, 6.45) is 0.798. The summed E-state index contributed by atoms with van der Waals surface area (Å²) in [5, 5.41) is 6.39. The molecule has 1 unspecified atom stereocenters. The van der Waals surface area contributed by atoms with Crippen molar-refractivity contribution in [1.29, 1.82) is 0 Å². The lowest BCUT2D eigenvalue weighted by Crippen LogP contribution is -2.40. The van der Waals surface area contributed by atoms with E-state index >= 15 is 0 Å². The summed E-state index contributed by atoms with van der Waals surface area (Å²) >= 11 is 1.64. The number of thiazole rings is 1. The number of nitrogens with zero attached hydrogens (tertiary/aromatic N) is 3. The van der Waals surface area contributed by atoms with Crippen LogP contribution in [0.3, 0.4) is 0 Å². The molecule has 2 heterocycles. The lowest BCUT2D eigenvalue weighted by Gasteiger charge is -2.23. The van der Waals surface area contributed by atoms with Crippen molar-refractivity contribution in [3.8, 4) is 0 Å². The molecule has 1 saturated heterocycles. The van der Waals surface area contributed by atoms with Crippen molar-refractivity contribution < 1.29 is 9.53 Å². The average Bonchev–Trinajstić information content (AvgIpc) is 3.07. The van der Waals surface area contributed by atoms with E-state index in [2.05, 4.69) is 20.2 Å². The van der Waals surface area contributed by atoms with Gasteiger partial charge in [-0.3, -0.25) is 9.79 Å². The SMILES string of the molecule is CN=C(NCc1nc(C)cs1)N1CCC(C(=O)OC(C)(C)C)C1.I. The molecule has 1 atom stereocenters. The molecule has 0 saturated carbocycles. The maximum Gasteiger partial charge on any atom is 0.311 e. The smallest absolute Gasteiger partial charge is 0.311 e. The maximum atomic E-state index is 12.2. The van der Waals surface area contributed by atoms with Gasteiger partial charge in [0.1, 0.15) is 10.6 Å². The summed E-state index contributed by atoms with van der Waals surface area (Å²) in [7, 11) is 1.76. The van der Waals surface area contributed by atoms with E-state index in [1.807, 2.05) is 33.1 Å². The number of likely N-dealkylation sites (tertiary alicyclic amines) is 1. The van der Waals surface area contributed by atoms with E-state index < -0.39 is 5.60 Å². The Morgan fingerprint density at radius 1 is 1.54 bits per heavy atom. The number of aromatic nitrogens is 1. The first-order chi connectivity index (χ1) is 10.8. The zero-order valence-electron chi connectivity index (χ0n) is 15.0. The Hall–Kier alpha value is -0.900. The highest BCUT2D eigenvalue weighted by Crippen LogP contribution is 2.21. The summed E-state index contributed by atoms with van der Waals surface area (Å²) in [6.45, 7) is 9.78. The Labute approximate surface area is 165 Å². The monoisotopic (exact) mass is 466 g/mol. The van der Waals surface area contributed by atoms with Crippen LogP contribution in [0.4, 0.5) is 0 Å². The predicted molar refractivity (Wildman–Crippen MR) is 108 cm³/mol. The van der Waals surface area contributed by atoms with Crippen molar-refractivity contribution in [1.82, 2.24) is 15.2 Å². The van der Waals surface area contributed by atoms with Gasteiger partial charge in [0.05, 0.1) is 12.5 Å². The molecular formula is C16H27IN4O2S. The van der Waals surface area contributed by atoms with Gasteiger partial charge < -0.3 is 15.0 Å². The number of halogens is 1. The number of guanidine groups is 1. The second-order valence-corrected chi connectivity index (χ2v) is 7.69. The van der Waals surface area contributed by atoms with E-state index in [1.54, 1.807) is 18.4 Å². The Morgan fingerprint density at radius 3 is 2.79 bits per heavy atom. The molecular weight excluding hydrogens is 439 g/mol. The number of carbonyl (C=O) groups is 1. The number of nitrogens with one attached hydrogen (secondary N) is 1. The van der Waals surface area contributed by atoms with Gasteiger partial charge in [0.15, 0.2) is 5.96 Å². The molecule has 0 amide bonds. The topological polar surface area (TPSA) is 66.8 Å². The van der Waals surface area contributed by atoms with E-state index in [4.69, 9.17) is 4.74 Å². The van der Waals surface area contributed by atoms with Crippen LogP contribution < -0.4 is 5.32 Å². The molecule has 0 aromatic carbocycles. The van der Waals surface area contributed by atoms with Crippen LogP contribution in [0, 0.1) is 12.8 Å². The first-order valence-corrected chi connectivity index (χ1v) is 8.76. The number of carbonyl (C=O) groups excluding carboxylic acids is 1. The zero-order chi connectivity index (χ0) is 17.0. The van der Waals surface area contributed by atoms with Gasteiger partial charge >= 0.3 is 5.97 Å². The van der Waals surface area contributed by atoms with E-state index in [-0.39, 0.29) is 35.9 Å². The van der Waals surface area contributed by atoms with Crippen molar-refractivity contribution in [3.63, 3.8) is 0 Å². The molecule has 6 nitrogen and oxygen atoms in total. The van der Waals surface area contributed by atoms with E-state index in [0.717, 1.165) is 29.6 Å². The summed E-state index contributed by atoms with van der Waals surface area (Å²) in [4.78, 5) is 23.0. The van der Waals surface area contributed by atoms with Crippen molar-refractivity contribution in [2.24, 2.45) is 10.9 Å². The predicted octanol–water partition coefficient (Wildman–Crippen LogP) is 2.81. The van der Waals surface area contributed by atoms with E-state index in [0.29, 0.717) is 13.1 Å². The molecule has 1 fully saturated rings. The van der Waals surface area contributed by atoms with Crippen LogP contribution in [0.15, 0.2) is 10.4 Å². The minimum absolute atomic E-state index is 0. The lowest BCUT2D eigenvalue weighted by atomic mass is 10.1. The standard InChI is InChI=1S/C16H26N4O2S.HI/c1-11-10-23-13(19-11)8-18-15(17-5)20-7-6-12(9-20)14(21)22-16(2,3)4;/h10,12H,6-9H2,1-5H3,(H,17,18);1H. The van der Waals surface area contributed by atoms with Gasteiger partial charge in [-0.05, 0) is 34.1 Å². The Bertz CT molecular complexity index is 583. The normalized spacial score (nSPS) is 18.3. The third-order valence-electron chi connectivity index (χ3n) is 3.50. The van der Waals surface area contributed by atoms with Gasteiger partial charge in [-0.15, -0.1) is 35.3 Å². The molecule has 0 spiro atoms. The van der Waals surface area contributed by atoms with Crippen LogP contribution in [-0.4, -0.2) is 47.6 Å². The second-order valence-electron chi connectivity index (χ2n) is 6.75. The fourth-order valence-corrected chi connectivity index (χ4v) is 3.21. The number of aryl methyl sites for hydroxylation is 1. The minimum atomic E-state index is -0.437. The van der Waals surface area contributed by atoms with Crippen LogP contribution in [0.1, 0.15) is 37.9 Å². The van der Waals surface area contributed by atoms with Gasteiger partial charge in [0, 0.05) is 31.2 Å². The molecule has 1 aliphatic heterocycles. The van der Waals surface area contributed by atoms with Crippen molar-refractivity contribution in [2.45, 2.75) is 46.3 Å². The Morgan fingerprint density at radius 2 is 2.25 bits per heavy atom. The molecule has 136 valence electrons. The van der Waals surface area contributed by atoms with Crippen molar-refractivity contribution in [2.75, 3.05) is 20.1 Å². The first-order valence-electron chi connectivity index (χ1n) is 7.88. The molecule has 1 N–H and O–H groups in total. The number of esters is 1. The first kappa shape index (κ1) is 21.1. The van der Waals surface area contributed by atoms with Gasteiger partial charge in [0.25, 0.3) is 0 Å². The van der Waals surface area contributed by atoms with Crippen LogP contribution in [0.25, 0.3) is 0 Å². The largest absolute Gasteiger partial charge is 0.460 e. The molecule has 0 radical (unpaired) electrons. The molecule has 0 bridgehead atoms. The van der Waals surface area contributed by atoms with Gasteiger partial charge in [-0.25, -0.2) is 4.98 Å². The van der Waals surface area contributed by atoms with Crippen molar-refractivity contribution >= 4 is 47.2 Å². The number of hydrogen-bond donors (Lipinski definition) is 1. The number of hydrogen-bond acceptors (Lipinski definition) is 5. The van der Waals surface area contributed by atoms with E-state index in [9.17, 15) is 4.79 Å². The fraction of sp³-hybridized carbons (Fsp3) is 0.688. The Balaban J connectivity index is 0.00000288. The minimum Gasteiger partial charge on any atom is -0.460 e. The molecule has 8 heteroatoms. The highest BCUT2D eigenvalue weighted by atomic mass is 127. The Kier molecular flexibility index (Phi) is 7.91. The summed E-state index contributed by atoms with van der Waals surface area (Å²) < 4.78 is 5.48. The number of rotatable bonds is 3. The van der Waals surface area contributed by atoms with Gasteiger partial charge in [-0.1, -0.05) is 0 Å². The molecule has 1 aliphatic rings. The molecule has 0 aliphatic carbocycles. The zero-order valence-corrected chi connectivity index (χ0v) is 18.1. The van der Waals surface area contributed by atoms with Crippen molar-refractivity contribution in [3.05, 3.63) is 16.1 Å². The number of ether oxygens (including phenoxy) is 1. The quantitative estimate of drug-likeness (QED) is 0.321. The summed E-state index contributed by atoms with van der Waals surface area (Å²) in [6, 6.07) is 0. The van der Waals surface area contributed by atoms with Gasteiger partial charge in [-0.2, -0.15) is 0 Å². The highest BCUT2D eigenvalue weighted by molar-refractivity contribution is 14.0. The molecule has 2 rings (SSSR count). The highest BCUT2D eigenvalue weighted by Gasteiger charge is 2.33. The average molecular weight is 466 g/mol. The van der Waals surface area contributed by atoms with E-state index in [1.165, 1.54) is 0 Å².